The van der Waals surface area contributed by atoms with Crippen LogP contribution in [0.15, 0.2) is 48.6 Å². The minimum atomic E-state index is 0.568. The number of ether oxygens (including phenoxy) is 1. The van der Waals surface area contributed by atoms with Crippen molar-refractivity contribution in [2.45, 2.75) is 84.0 Å². The molecule has 2 aliphatic rings. The number of hydrogen-bond donors (Lipinski definition) is 0. The molecule has 1 saturated carbocycles. The predicted octanol–water partition coefficient (Wildman–Crippen LogP) is 8.08. The molecule has 28 heavy (non-hydrogen) atoms. The summed E-state index contributed by atoms with van der Waals surface area (Å²) in [6, 6.07) is 8.89. The van der Waals surface area contributed by atoms with Gasteiger partial charge in [-0.05, 0) is 68.1 Å². The van der Waals surface area contributed by atoms with Gasteiger partial charge in [-0.15, -0.1) is 0 Å². The molecule has 0 N–H and O–H groups in total. The monoisotopic (exact) mass is 380 g/mol. The van der Waals surface area contributed by atoms with Gasteiger partial charge in [0.05, 0.1) is 6.61 Å². The largest absolute Gasteiger partial charge is 0.493 e. The van der Waals surface area contributed by atoms with Gasteiger partial charge < -0.3 is 4.74 Å². The average molecular weight is 381 g/mol. The number of unbranched alkanes of at least 4 members (excludes halogenated alkanes) is 2. The van der Waals surface area contributed by atoms with E-state index in [1.165, 1.54) is 69.8 Å². The van der Waals surface area contributed by atoms with Crippen LogP contribution in [0, 0.1) is 17.8 Å². The van der Waals surface area contributed by atoms with E-state index < -0.39 is 0 Å². The van der Waals surface area contributed by atoms with E-state index in [0.29, 0.717) is 11.8 Å². The summed E-state index contributed by atoms with van der Waals surface area (Å²) in [5.74, 6) is 3.98. The van der Waals surface area contributed by atoms with Crippen LogP contribution < -0.4 is 4.74 Å². The Bertz CT molecular complexity index is 604. The van der Waals surface area contributed by atoms with Gasteiger partial charge in [-0.1, -0.05) is 81.9 Å². The predicted molar refractivity (Wildman–Crippen MR) is 121 cm³/mol. The molecule has 1 heteroatoms. The van der Waals surface area contributed by atoms with E-state index in [1.54, 1.807) is 0 Å². The normalized spacial score (nSPS) is 27.9. The molecule has 1 aromatic carbocycles. The zero-order valence-corrected chi connectivity index (χ0v) is 18.1. The number of benzene rings is 1. The smallest absolute Gasteiger partial charge is 0.119 e. The van der Waals surface area contributed by atoms with Gasteiger partial charge in [0.25, 0.3) is 0 Å². The van der Waals surface area contributed by atoms with Crippen LogP contribution >= 0.6 is 0 Å². The van der Waals surface area contributed by atoms with Gasteiger partial charge in [-0.25, -0.2) is 0 Å². The second kappa shape index (κ2) is 11.5. The molecule has 0 spiro atoms. The maximum absolute atomic E-state index is 6.14. The Morgan fingerprint density at radius 2 is 1.64 bits per heavy atom. The molecule has 1 nitrogen and oxygen atoms in total. The first-order chi connectivity index (χ1) is 13.8. The van der Waals surface area contributed by atoms with Crippen molar-refractivity contribution in [3.05, 3.63) is 54.1 Å². The highest BCUT2D eigenvalue weighted by molar-refractivity contribution is 5.32. The first-order valence-corrected chi connectivity index (χ1v) is 11.8. The molecule has 1 fully saturated rings. The Kier molecular flexibility index (Phi) is 8.70. The van der Waals surface area contributed by atoms with Crippen LogP contribution in [0.2, 0.25) is 0 Å². The Hall–Kier alpha value is -1.50. The van der Waals surface area contributed by atoms with Crippen LogP contribution in [0.25, 0.3) is 0 Å². The summed E-state index contributed by atoms with van der Waals surface area (Å²) in [5, 5.41) is 0. The van der Waals surface area contributed by atoms with E-state index in [1.807, 2.05) is 0 Å². The molecule has 0 aromatic heterocycles. The summed E-state index contributed by atoms with van der Waals surface area (Å²) < 4.78 is 6.14. The lowest BCUT2D eigenvalue weighted by atomic mass is 9.80. The SMILES string of the molecule is CC=CC1C=CC(c2ccc(OCC3CCC(CCCCC)CC3)cc2)CC1. The molecule has 0 aliphatic heterocycles. The summed E-state index contributed by atoms with van der Waals surface area (Å²) in [6.07, 6.45) is 22.9. The van der Waals surface area contributed by atoms with Gasteiger partial charge >= 0.3 is 0 Å². The quantitative estimate of drug-likeness (QED) is 0.311. The molecule has 2 atom stereocenters. The lowest BCUT2D eigenvalue weighted by Gasteiger charge is -2.28. The van der Waals surface area contributed by atoms with Crippen LogP contribution in [-0.2, 0) is 0 Å². The Balaban J connectivity index is 1.39. The zero-order chi connectivity index (χ0) is 19.6. The van der Waals surface area contributed by atoms with Crippen molar-refractivity contribution >= 4 is 0 Å². The first kappa shape index (κ1) is 21.2. The molecule has 0 heterocycles. The summed E-state index contributed by atoms with van der Waals surface area (Å²) in [5.41, 5.74) is 1.43. The van der Waals surface area contributed by atoms with Crippen molar-refractivity contribution in [3.63, 3.8) is 0 Å². The molecule has 1 aromatic rings. The van der Waals surface area contributed by atoms with Gasteiger partial charge in [-0.2, -0.15) is 0 Å². The fraction of sp³-hybridized carbons (Fsp3) is 0.630. The number of hydrogen-bond acceptors (Lipinski definition) is 1. The third-order valence-corrected chi connectivity index (χ3v) is 6.82. The van der Waals surface area contributed by atoms with Crippen LogP contribution in [-0.4, -0.2) is 6.61 Å². The van der Waals surface area contributed by atoms with Gasteiger partial charge in [0.15, 0.2) is 0 Å². The topological polar surface area (TPSA) is 9.23 Å². The standard InChI is InChI=1S/C27H40O/c1-3-5-6-8-23-9-11-24(12-10-23)21-28-27-19-17-26(18-20-27)25-15-13-22(7-4-2)14-16-25/h4,7,13,15,17-20,22-25H,3,5-6,8-12,14,16,21H2,1-2H3. The molecule has 0 radical (unpaired) electrons. The van der Waals surface area contributed by atoms with Gasteiger partial charge in [-0.3, -0.25) is 0 Å². The molecule has 3 rings (SSSR count). The minimum Gasteiger partial charge on any atom is -0.493 e. The van der Waals surface area contributed by atoms with E-state index in [9.17, 15) is 0 Å². The first-order valence-electron chi connectivity index (χ1n) is 11.8. The summed E-state index contributed by atoms with van der Waals surface area (Å²) >= 11 is 0. The second-order valence-corrected chi connectivity index (χ2v) is 9.02. The minimum absolute atomic E-state index is 0.568. The zero-order valence-electron chi connectivity index (χ0n) is 18.1. The van der Waals surface area contributed by atoms with Gasteiger partial charge in [0.2, 0.25) is 0 Å². The average Bonchev–Trinajstić information content (AvgIpc) is 2.75. The van der Waals surface area contributed by atoms with Crippen LogP contribution in [0.1, 0.15) is 89.5 Å². The molecular weight excluding hydrogens is 340 g/mol. The van der Waals surface area contributed by atoms with Crippen molar-refractivity contribution in [1.29, 1.82) is 0 Å². The van der Waals surface area contributed by atoms with E-state index in [4.69, 9.17) is 4.74 Å². The molecular formula is C27H40O. The van der Waals surface area contributed by atoms with E-state index in [-0.39, 0.29) is 0 Å². The lowest BCUT2D eigenvalue weighted by molar-refractivity contribution is 0.177. The molecule has 0 bridgehead atoms. The Morgan fingerprint density at radius 1 is 0.893 bits per heavy atom. The van der Waals surface area contributed by atoms with Gasteiger partial charge in [0, 0.05) is 5.92 Å². The second-order valence-electron chi connectivity index (χ2n) is 9.02. The lowest BCUT2D eigenvalue weighted by Crippen LogP contribution is -2.20. The fourth-order valence-electron chi connectivity index (χ4n) is 4.92. The maximum Gasteiger partial charge on any atom is 0.119 e. The van der Waals surface area contributed by atoms with E-state index in [0.717, 1.165) is 24.2 Å². The maximum atomic E-state index is 6.14. The fourth-order valence-corrected chi connectivity index (χ4v) is 4.92. The van der Waals surface area contributed by atoms with E-state index in [2.05, 4.69) is 62.4 Å². The van der Waals surface area contributed by atoms with Crippen LogP contribution in [0.3, 0.4) is 0 Å². The summed E-state index contributed by atoms with van der Waals surface area (Å²) in [7, 11) is 0. The molecule has 0 saturated heterocycles. The Labute approximate surface area is 173 Å². The molecule has 2 unspecified atom stereocenters. The summed E-state index contributed by atoms with van der Waals surface area (Å²) in [4.78, 5) is 0. The third-order valence-electron chi connectivity index (χ3n) is 6.82. The van der Waals surface area contributed by atoms with Crippen molar-refractivity contribution < 1.29 is 4.74 Å². The van der Waals surface area contributed by atoms with Crippen LogP contribution in [0.5, 0.6) is 5.75 Å². The van der Waals surface area contributed by atoms with Crippen LogP contribution in [0.4, 0.5) is 0 Å². The molecule has 154 valence electrons. The third kappa shape index (κ3) is 6.54. The van der Waals surface area contributed by atoms with Crippen molar-refractivity contribution in [2.24, 2.45) is 17.8 Å². The Morgan fingerprint density at radius 3 is 2.29 bits per heavy atom. The van der Waals surface area contributed by atoms with Crippen molar-refractivity contribution in [3.8, 4) is 5.75 Å². The molecule has 0 amide bonds. The van der Waals surface area contributed by atoms with Crippen molar-refractivity contribution in [1.82, 2.24) is 0 Å². The van der Waals surface area contributed by atoms with Gasteiger partial charge in [0.1, 0.15) is 5.75 Å². The highest BCUT2D eigenvalue weighted by Crippen LogP contribution is 2.34. The number of rotatable bonds is 9. The summed E-state index contributed by atoms with van der Waals surface area (Å²) in [6.45, 7) is 5.31. The van der Waals surface area contributed by atoms with E-state index >= 15 is 0 Å². The highest BCUT2D eigenvalue weighted by Gasteiger charge is 2.21. The highest BCUT2D eigenvalue weighted by atomic mass is 16.5. The molecule has 2 aliphatic carbocycles. The number of allylic oxidation sites excluding steroid dienone is 4. The van der Waals surface area contributed by atoms with Crippen molar-refractivity contribution in [2.75, 3.05) is 6.61 Å².